The smallest absolute Gasteiger partial charge is 0.0560 e. The number of benzene rings is 1. The van der Waals surface area contributed by atoms with Gasteiger partial charge in [0.05, 0.1) is 12.7 Å². The van der Waals surface area contributed by atoms with E-state index < -0.39 is 0 Å². The summed E-state index contributed by atoms with van der Waals surface area (Å²) >= 11 is 1.93. The highest BCUT2D eigenvalue weighted by Crippen LogP contribution is 2.11. The summed E-state index contributed by atoms with van der Waals surface area (Å²) in [5, 5.41) is 0. The fourth-order valence-electron chi connectivity index (χ4n) is 1.19. The maximum atomic E-state index is 5.61. The number of thioether (sulfide) groups is 1. The van der Waals surface area contributed by atoms with Gasteiger partial charge in [-0.3, -0.25) is 0 Å². The number of hydrogen-bond donors (Lipinski definition) is 0. The minimum Gasteiger partial charge on any atom is -0.378 e. The Morgan fingerprint density at radius 2 is 2.00 bits per heavy atom. The van der Waals surface area contributed by atoms with Gasteiger partial charge in [-0.1, -0.05) is 37.3 Å². The van der Waals surface area contributed by atoms with E-state index in [-0.39, 0.29) is 0 Å². The molecule has 0 saturated carbocycles. The van der Waals surface area contributed by atoms with Gasteiger partial charge in [0.25, 0.3) is 0 Å². The van der Waals surface area contributed by atoms with Crippen LogP contribution in [0.25, 0.3) is 0 Å². The molecule has 1 rings (SSSR count). The molecule has 0 heterocycles. The minimum atomic E-state index is 0.405. The summed E-state index contributed by atoms with van der Waals surface area (Å²) in [6.07, 6.45) is 1.51. The fourth-order valence-corrected chi connectivity index (χ4v) is 1.98. The Bertz CT molecular complexity index is 248. The molecule has 0 aliphatic rings. The van der Waals surface area contributed by atoms with Crippen LogP contribution in [0, 0.1) is 0 Å². The maximum Gasteiger partial charge on any atom is 0.0560 e. The molecule has 0 spiro atoms. The van der Waals surface area contributed by atoms with Crippen molar-refractivity contribution in [3.05, 3.63) is 35.9 Å². The average Bonchev–Trinajstić information content (AvgIpc) is 2.29. The summed E-state index contributed by atoms with van der Waals surface area (Å²) in [6, 6.07) is 10.6. The molecule has 1 atom stereocenters. The third-order valence-electron chi connectivity index (χ3n) is 2.32. The Kier molecular flexibility index (Phi) is 6.53. The standard InChI is InChI=1S/C13H20OS/c1-3-12(2)14-9-10-15-11-13-7-5-4-6-8-13/h4-8,12H,3,9-11H2,1-2H3. The summed E-state index contributed by atoms with van der Waals surface area (Å²) < 4.78 is 5.61. The topological polar surface area (TPSA) is 9.23 Å². The van der Waals surface area contributed by atoms with Crippen LogP contribution in [-0.2, 0) is 10.5 Å². The molecular weight excluding hydrogens is 204 g/mol. The molecule has 0 bridgehead atoms. The van der Waals surface area contributed by atoms with Gasteiger partial charge in [-0.2, -0.15) is 11.8 Å². The molecule has 0 saturated heterocycles. The van der Waals surface area contributed by atoms with E-state index in [1.54, 1.807) is 0 Å². The van der Waals surface area contributed by atoms with Crippen molar-refractivity contribution >= 4 is 11.8 Å². The van der Waals surface area contributed by atoms with E-state index in [2.05, 4.69) is 44.2 Å². The Hall–Kier alpha value is -0.470. The Morgan fingerprint density at radius 3 is 2.67 bits per heavy atom. The summed E-state index contributed by atoms with van der Waals surface area (Å²) in [6.45, 7) is 5.15. The molecule has 0 aliphatic carbocycles. The van der Waals surface area contributed by atoms with E-state index in [4.69, 9.17) is 4.74 Å². The first kappa shape index (κ1) is 12.6. The van der Waals surface area contributed by atoms with Crippen molar-refractivity contribution in [3.63, 3.8) is 0 Å². The second kappa shape index (κ2) is 7.77. The molecule has 1 nitrogen and oxygen atoms in total. The molecule has 2 heteroatoms. The van der Waals surface area contributed by atoms with E-state index in [0.29, 0.717) is 6.10 Å². The van der Waals surface area contributed by atoms with Gasteiger partial charge in [-0.05, 0) is 18.9 Å². The first-order valence-electron chi connectivity index (χ1n) is 5.56. The molecule has 0 amide bonds. The van der Waals surface area contributed by atoms with Crippen molar-refractivity contribution in [2.45, 2.75) is 32.1 Å². The molecule has 15 heavy (non-hydrogen) atoms. The van der Waals surface area contributed by atoms with Crippen molar-refractivity contribution < 1.29 is 4.74 Å². The van der Waals surface area contributed by atoms with Crippen molar-refractivity contribution in [2.75, 3.05) is 12.4 Å². The zero-order valence-electron chi connectivity index (χ0n) is 9.61. The van der Waals surface area contributed by atoms with Gasteiger partial charge in [0, 0.05) is 11.5 Å². The van der Waals surface area contributed by atoms with Gasteiger partial charge in [0.1, 0.15) is 0 Å². The Balaban J connectivity index is 2.03. The molecular formula is C13H20OS. The van der Waals surface area contributed by atoms with Crippen LogP contribution in [0.2, 0.25) is 0 Å². The van der Waals surface area contributed by atoms with Crippen molar-refractivity contribution in [1.82, 2.24) is 0 Å². The van der Waals surface area contributed by atoms with Crippen molar-refractivity contribution in [2.24, 2.45) is 0 Å². The van der Waals surface area contributed by atoms with Crippen molar-refractivity contribution in [3.8, 4) is 0 Å². The van der Waals surface area contributed by atoms with Gasteiger partial charge in [-0.25, -0.2) is 0 Å². The summed E-state index contributed by atoms with van der Waals surface area (Å²) in [4.78, 5) is 0. The highest BCUT2D eigenvalue weighted by Gasteiger charge is 1.97. The third-order valence-corrected chi connectivity index (χ3v) is 3.31. The second-order valence-electron chi connectivity index (χ2n) is 3.63. The summed E-state index contributed by atoms with van der Waals surface area (Å²) in [5.74, 6) is 2.17. The average molecular weight is 224 g/mol. The number of hydrogen-bond acceptors (Lipinski definition) is 2. The molecule has 0 aromatic heterocycles. The second-order valence-corrected chi connectivity index (χ2v) is 4.73. The van der Waals surface area contributed by atoms with Crippen LogP contribution >= 0.6 is 11.8 Å². The SMILES string of the molecule is CCC(C)OCCSCc1ccccc1. The quantitative estimate of drug-likeness (QED) is 0.653. The lowest BCUT2D eigenvalue weighted by Crippen LogP contribution is -2.08. The van der Waals surface area contributed by atoms with Crippen LogP contribution < -0.4 is 0 Å². The molecule has 1 aromatic carbocycles. The minimum absolute atomic E-state index is 0.405. The van der Waals surface area contributed by atoms with E-state index in [9.17, 15) is 0 Å². The third kappa shape index (κ3) is 5.85. The van der Waals surface area contributed by atoms with E-state index in [1.807, 2.05) is 11.8 Å². The molecule has 0 radical (unpaired) electrons. The lowest BCUT2D eigenvalue weighted by molar-refractivity contribution is 0.0759. The molecule has 0 N–H and O–H groups in total. The highest BCUT2D eigenvalue weighted by atomic mass is 32.2. The molecule has 84 valence electrons. The van der Waals surface area contributed by atoms with Crippen LogP contribution in [0.15, 0.2) is 30.3 Å². The van der Waals surface area contributed by atoms with Crippen LogP contribution in [-0.4, -0.2) is 18.5 Å². The molecule has 0 aliphatic heterocycles. The van der Waals surface area contributed by atoms with Gasteiger partial charge in [0.2, 0.25) is 0 Å². The predicted octanol–water partition coefficient (Wildman–Crippen LogP) is 3.73. The summed E-state index contributed by atoms with van der Waals surface area (Å²) in [5.41, 5.74) is 1.39. The highest BCUT2D eigenvalue weighted by molar-refractivity contribution is 7.98. The maximum absolute atomic E-state index is 5.61. The van der Waals surface area contributed by atoms with Crippen LogP contribution in [0.3, 0.4) is 0 Å². The lowest BCUT2D eigenvalue weighted by Gasteiger charge is -2.09. The number of ether oxygens (including phenoxy) is 1. The normalized spacial score (nSPS) is 12.7. The van der Waals surface area contributed by atoms with Crippen LogP contribution in [0.4, 0.5) is 0 Å². The van der Waals surface area contributed by atoms with Gasteiger partial charge >= 0.3 is 0 Å². The zero-order chi connectivity index (χ0) is 10.9. The van der Waals surface area contributed by atoms with E-state index in [0.717, 1.165) is 24.5 Å². The molecule has 1 aromatic rings. The number of rotatable bonds is 7. The zero-order valence-corrected chi connectivity index (χ0v) is 10.4. The first-order chi connectivity index (χ1) is 7.33. The van der Waals surface area contributed by atoms with Crippen molar-refractivity contribution in [1.29, 1.82) is 0 Å². The Labute approximate surface area is 97.2 Å². The van der Waals surface area contributed by atoms with Gasteiger partial charge in [0.15, 0.2) is 0 Å². The van der Waals surface area contributed by atoms with Crippen LogP contribution in [0.5, 0.6) is 0 Å². The summed E-state index contributed by atoms with van der Waals surface area (Å²) in [7, 11) is 0. The molecule has 0 fully saturated rings. The first-order valence-corrected chi connectivity index (χ1v) is 6.71. The van der Waals surface area contributed by atoms with E-state index in [1.165, 1.54) is 5.56 Å². The van der Waals surface area contributed by atoms with Crippen LogP contribution in [0.1, 0.15) is 25.8 Å². The van der Waals surface area contributed by atoms with E-state index >= 15 is 0 Å². The van der Waals surface area contributed by atoms with Gasteiger partial charge in [-0.15, -0.1) is 0 Å². The largest absolute Gasteiger partial charge is 0.378 e. The Morgan fingerprint density at radius 1 is 1.27 bits per heavy atom. The predicted molar refractivity (Wildman–Crippen MR) is 68.3 cm³/mol. The fraction of sp³-hybridized carbons (Fsp3) is 0.538. The monoisotopic (exact) mass is 224 g/mol. The lowest BCUT2D eigenvalue weighted by atomic mass is 10.2. The molecule has 1 unspecified atom stereocenters. The van der Waals surface area contributed by atoms with Gasteiger partial charge < -0.3 is 4.74 Å².